The minimum Gasteiger partial charge on any atom is -0.272 e. The standard InChI is InChI=1S/C11H12F3NO2S/c1-15-9-5-3-2-4-8(9)10(18(15,16)17)6-7-11(12,13)14/h2-5,10H,6-7H2,1H3. The van der Waals surface area contributed by atoms with Gasteiger partial charge in [0.05, 0.1) is 5.69 Å². The number of hydrogen-bond acceptors (Lipinski definition) is 2. The summed E-state index contributed by atoms with van der Waals surface area (Å²) in [4.78, 5) is 0. The number of halogens is 3. The van der Waals surface area contributed by atoms with E-state index < -0.39 is 34.3 Å². The highest BCUT2D eigenvalue weighted by Gasteiger charge is 2.42. The molecule has 0 amide bonds. The summed E-state index contributed by atoms with van der Waals surface area (Å²) >= 11 is 0. The Balaban J connectivity index is 2.35. The van der Waals surface area contributed by atoms with Crippen molar-refractivity contribution in [2.45, 2.75) is 24.3 Å². The maximum atomic E-state index is 12.2. The molecule has 1 unspecified atom stereocenters. The van der Waals surface area contributed by atoms with Crippen molar-refractivity contribution >= 4 is 15.7 Å². The van der Waals surface area contributed by atoms with Crippen LogP contribution in [0.1, 0.15) is 23.7 Å². The van der Waals surface area contributed by atoms with Gasteiger partial charge in [-0.25, -0.2) is 8.42 Å². The van der Waals surface area contributed by atoms with E-state index in [4.69, 9.17) is 0 Å². The summed E-state index contributed by atoms with van der Waals surface area (Å²) in [6.45, 7) is 0. The normalized spacial score (nSPS) is 22.0. The zero-order chi connectivity index (χ0) is 13.6. The number of fused-ring (bicyclic) bond motifs is 1. The van der Waals surface area contributed by atoms with E-state index in [-0.39, 0.29) is 0 Å². The van der Waals surface area contributed by atoms with Crippen molar-refractivity contribution < 1.29 is 21.6 Å². The number of sulfonamides is 1. The number of benzene rings is 1. The van der Waals surface area contributed by atoms with Gasteiger partial charge in [-0.2, -0.15) is 13.2 Å². The van der Waals surface area contributed by atoms with E-state index in [1.807, 2.05) is 0 Å². The van der Waals surface area contributed by atoms with E-state index >= 15 is 0 Å². The zero-order valence-corrected chi connectivity index (χ0v) is 10.4. The fourth-order valence-corrected chi connectivity index (χ4v) is 3.89. The molecule has 2 rings (SSSR count). The molecule has 0 saturated heterocycles. The summed E-state index contributed by atoms with van der Waals surface area (Å²) in [6.07, 6.45) is -5.88. The Labute approximate surface area is 103 Å². The van der Waals surface area contributed by atoms with Crippen molar-refractivity contribution in [3.05, 3.63) is 29.8 Å². The average molecular weight is 279 g/mol. The first-order chi connectivity index (χ1) is 8.23. The molecule has 1 aromatic rings. The van der Waals surface area contributed by atoms with Crippen LogP contribution >= 0.6 is 0 Å². The Kier molecular flexibility index (Phi) is 3.04. The number of nitrogens with zero attached hydrogens (tertiary/aromatic N) is 1. The van der Waals surface area contributed by atoms with Gasteiger partial charge in [0.15, 0.2) is 0 Å². The lowest BCUT2D eigenvalue weighted by molar-refractivity contribution is -0.135. The molecule has 0 fully saturated rings. The molecule has 0 aliphatic carbocycles. The van der Waals surface area contributed by atoms with Crippen LogP contribution in [0.5, 0.6) is 0 Å². The third-order valence-corrected chi connectivity index (χ3v) is 5.22. The van der Waals surface area contributed by atoms with Crippen LogP contribution < -0.4 is 4.31 Å². The summed E-state index contributed by atoms with van der Waals surface area (Å²) in [5.41, 5.74) is 0.911. The van der Waals surface area contributed by atoms with Crippen LogP contribution in [-0.2, 0) is 10.0 Å². The summed E-state index contributed by atoms with van der Waals surface area (Å²) in [5.74, 6) is 0. The average Bonchev–Trinajstić information content (AvgIpc) is 2.45. The molecule has 1 heterocycles. The van der Waals surface area contributed by atoms with Crippen LogP contribution in [-0.4, -0.2) is 21.6 Å². The summed E-state index contributed by atoms with van der Waals surface area (Å²) in [5, 5.41) is -1.10. The van der Waals surface area contributed by atoms with Gasteiger partial charge in [-0.15, -0.1) is 0 Å². The van der Waals surface area contributed by atoms with E-state index in [9.17, 15) is 21.6 Å². The molecule has 100 valence electrons. The van der Waals surface area contributed by atoms with Gasteiger partial charge in [-0.3, -0.25) is 4.31 Å². The number of rotatable bonds is 2. The molecule has 1 aliphatic heterocycles. The SMILES string of the molecule is CN1c2ccccc2C(CCC(F)(F)F)S1(=O)=O. The third kappa shape index (κ3) is 2.19. The van der Waals surface area contributed by atoms with Crippen LogP contribution in [0, 0.1) is 0 Å². The minimum atomic E-state index is -4.34. The number of alkyl halides is 3. The van der Waals surface area contributed by atoms with Crippen LogP contribution in [0.2, 0.25) is 0 Å². The second-order valence-electron chi connectivity index (χ2n) is 4.21. The maximum Gasteiger partial charge on any atom is 0.389 e. The van der Waals surface area contributed by atoms with Crippen LogP contribution in [0.4, 0.5) is 18.9 Å². The minimum absolute atomic E-state index is 0.437. The van der Waals surface area contributed by atoms with Crippen LogP contribution in [0.15, 0.2) is 24.3 Å². The van der Waals surface area contributed by atoms with Gasteiger partial charge in [0.25, 0.3) is 0 Å². The summed E-state index contributed by atoms with van der Waals surface area (Å²) in [6, 6.07) is 6.46. The fourth-order valence-electron chi connectivity index (χ4n) is 2.13. The van der Waals surface area contributed by atoms with E-state index in [0.29, 0.717) is 11.3 Å². The smallest absolute Gasteiger partial charge is 0.272 e. The van der Waals surface area contributed by atoms with Crippen LogP contribution in [0.25, 0.3) is 0 Å². The van der Waals surface area contributed by atoms with Crippen molar-refractivity contribution in [3.63, 3.8) is 0 Å². The molecule has 7 heteroatoms. The highest BCUT2D eigenvalue weighted by molar-refractivity contribution is 7.93. The molecular formula is C11H12F3NO2S. The first-order valence-electron chi connectivity index (χ1n) is 5.37. The highest BCUT2D eigenvalue weighted by atomic mass is 32.2. The largest absolute Gasteiger partial charge is 0.389 e. The maximum absolute atomic E-state index is 12.2. The molecule has 0 aromatic heterocycles. The van der Waals surface area contributed by atoms with E-state index in [0.717, 1.165) is 4.31 Å². The Bertz CT molecular complexity index is 554. The molecule has 1 aliphatic rings. The highest BCUT2D eigenvalue weighted by Crippen LogP contribution is 2.44. The molecule has 18 heavy (non-hydrogen) atoms. The molecule has 0 saturated carbocycles. The van der Waals surface area contributed by atoms with Crippen molar-refractivity contribution in [1.82, 2.24) is 0 Å². The molecule has 0 N–H and O–H groups in total. The topological polar surface area (TPSA) is 37.4 Å². The molecule has 0 radical (unpaired) electrons. The molecular weight excluding hydrogens is 267 g/mol. The van der Waals surface area contributed by atoms with Crippen molar-refractivity contribution in [1.29, 1.82) is 0 Å². The van der Waals surface area contributed by atoms with Gasteiger partial charge in [-0.05, 0) is 18.1 Å². The number of hydrogen-bond donors (Lipinski definition) is 0. The quantitative estimate of drug-likeness (QED) is 0.834. The Morgan fingerprint density at radius 3 is 2.50 bits per heavy atom. The molecule has 1 atom stereocenters. The van der Waals surface area contributed by atoms with Crippen molar-refractivity contribution in [3.8, 4) is 0 Å². The lowest BCUT2D eigenvalue weighted by atomic mass is 10.1. The predicted molar refractivity (Wildman–Crippen MR) is 61.8 cm³/mol. The summed E-state index contributed by atoms with van der Waals surface area (Å²) < 4.78 is 61.8. The van der Waals surface area contributed by atoms with Gasteiger partial charge in [0, 0.05) is 13.5 Å². The Hall–Kier alpha value is -1.24. The Morgan fingerprint density at radius 2 is 1.89 bits per heavy atom. The number of para-hydroxylation sites is 1. The van der Waals surface area contributed by atoms with Gasteiger partial charge >= 0.3 is 6.18 Å². The summed E-state index contributed by atoms with van der Waals surface area (Å²) in [7, 11) is -2.35. The number of anilines is 1. The van der Waals surface area contributed by atoms with Crippen molar-refractivity contribution in [2.75, 3.05) is 11.4 Å². The van der Waals surface area contributed by atoms with Gasteiger partial charge in [0.1, 0.15) is 5.25 Å². The first-order valence-corrected chi connectivity index (χ1v) is 6.87. The van der Waals surface area contributed by atoms with Crippen molar-refractivity contribution in [2.24, 2.45) is 0 Å². The zero-order valence-electron chi connectivity index (χ0n) is 9.61. The predicted octanol–water partition coefficient (Wildman–Crippen LogP) is 2.85. The third-order valence-electron chi connectivity index (χ3n) is 3.05. The van der Waals surface area contributed by atoms with E-state index in [1.165, 1.54) is 7.05 Å². The second-order valence-corrected chi connectivity index (χ2v) is 6.36. The van der Waals surface area contributed by atoms with Gasteiger partial charge in [0.2, 0.25) is 10.0 Å². The lowest BCUT2D eigenvalue weighted by Crippen LogP contribution is -2.25. The molecule has 3 nitrogen and oxygen atoms in total. The van der Waals surface area contributed by atoms with Crippen LogP contribution in [0.3, 0.4) is 0 Å². The van der Waals surface area contributed by atoms with Gasteiger partial charge < -0.3 is 0 Å². The monoisotopic (exact) mass is 279 g/mol. The van der Waals surface area contributed by atoms with E-state index in [1.54, 1.807) is 24.3 Å². The first kappa shape index (κ1) is 13.2. The van der Waals surface area contributed by atoms with E-state index in [2.05, 4.69) is 0 Å². The second kappa shape index (κ2) is 4.15. The van der Waals surface area contributed by atoms with Gasteiger partial charge in [-0.1, -0.05) is 18.2 Å². The lowest BCUT2D eigenvalue weighted by Gasteiger charge is -2.15. The Morgan fingerprint density at radius 1 is 1.28 bits per heavy atom. The molecule has 1 aromatic carbocycles. The molecule has 0 bridgehead atoms. The fraction of sp³-hybridized carbons (Fsp3) is 0.455. The molecule has 0 spiro atoms.